The smallest absolute Gasteiger partial charge is 0.290 e. The summed E-state index contributed by atoms with van der Waals surface area (Å²) in [6.45, 7) is 0. The van der Waals surface area contributed by atoms with Gasteiger partial charge in [0.15, 0.2) is 5.82 Å². The maximum absolute atomic E-state index is 13.4. The Morgan fingerprint density at radius 3 is 2.88 bits per heavy atom. The van der Waals surface area contributed by atoms with Gasteiger partial charge in [-0.3, -0.25) is 10.1 Å². The molecule has 0 aromatic carbocycles. The molecule has 0 aliphatic heterocycles. The number of rotatable bonds is 3. The molecule has 1 aliphatic carbocycles. The molecule has 0 amide bonds. The maximum atomic E-state index is 13.4. The van der Waals surface area contributed by atoms with E-state index < -0.39 is 28.6 Å². The molecule has 1 N–H and O–H groups in total. The summed E-state index contributed by atoms with van der Waals surface area (Å²) in [6.07, 6.45) is 1.85. The first-order chi connectivity index (χ1) is 8.08. The number of aromatic nitrogens is 1. The molecule has 1 aromatic heterocycles. The molecule has 92 valence electrons. The molecule has 1 aromatic rings. The lowest BCUT2D eigenvalue weighted by Gasteiger charge is -2.16. The topological polar surface area (TPSA) is 85.5 Å². The Hall–Kier alpha value is -1.76. The summed E-state index contributed by atoms with van der Waals surface area (Å²) in [5, 5.41) is 19.9. The lowest BCUT2D eigenvalue weighted by Crippen LogP contribution is -2.26. The van der Waals surface area contributed by atoms with Gasteiger partial charge >= 0.3 is 0 Å². The van der Waals surface area contributed by atoms with Crippen molar-refractivity contribution in [1.82, 2.24) is 4.98 Å². The minimum absolute atomic E-state index is 0.304. The molecule has 0 unspecified atom stereocenters. The van der Waals surface area contributed by atoms with E-state index in [1.165, 1.54) is 0 Å². The Balaban J connectivity index is 2.14. The lowest BCUT2D eigenvalue weighted by molar-refractivity contribution is -0.385. The van der Waals surface area contributed by atoms with E-state index in [0.717, 1.165) is 18.7 Å². The molecule has 1 saturated carbocycles. The lowest BCUT2D eigenvalue weighted by atomic mass is 10.2. The van der Waals surface area contributed by atoms with E-state index in [4.69, 9.17) is 4.74 Å². The van der Waals surface area contributed by atoms with Crippen molar-refractivity contribution in [1.29, 1.82) is 0 Å². The quantitative estimate of drug-likeness (QED) is 0.640. The SMILES string of the molecule is O=[N+]([O-])c1cnc(O[C@H]2CCC[C@@H]2O)c(F)c1. The Labute approximate surface area is 96.2 Å². The first-order valence-corrected chi connectivity index (χ1v) is 5.22. The van der Waals surface area contributed by atoms with E-state index in [9.17, 15) is 19.6 Å². The van der Waals surface area contributed by atoms with Crippen molar-refractivity contribution in [3.63, 3.8) is 0 Å². The Morgan fingerprint density at radius 1 is 1.59 bits per heavy atom. The van der Waals surface area contributed by atoms with E-state index in [-0.39, 0.29) is 5.88 Å². The molecular weight excluding hydrogens is 231 g/mol. The average molecular weight is 242 g/mol. The molecule has 0 spiro atoms. The van der Waals surface area contributed by atoms with E-state index in [1.807, 2.05) is 0 Å². The highest BCUT2D eigenvalue weighted by Crippen LogP contribution is 2.26. The third-order valence-corrected chi connectivity index (χ3v) is 2.68. The van der Waals surface area contributed by atoms with Crippen molar-refractivity contribution in [2.24, 2.45) is 0 Å². The Bertz CT molecular complexity index is 440. The van der Waals surface area contributed by atoms with Crippen LogP contribution in [0.1, 0.15) is 19.3 Å². The second kappa shape index (κ2) is 4.62. The number of aliphatic hydroxyl groups is 1. The first kappa shape index (κ1) is 11.7. The zero-order chi connectivity index (χ0) is 12.4. The zero-order valence-corrected chi connectivity index (χ0v) is 8.88. The fraction of sp³-hybridized carbons (Fsp3) is 0.500. The van der Waals surface area contributed by atoms with Gasteiger partial charge in [-0.15, -0.1) is 0 Å². The van der Waals surface area contributed by atoms with Gasteiger partial charge in [0.05, 0.1) is 17.1 Å². The van der Waals surface area contributed by atoms with Gasteiger partial charge in [-0.25, -0.2) is 9.37 Å². The Morgan fingerprint density at radius 2 is 2.35 bits per heavy atom. The number of pyridine rings is 1. The van der Waals surface area contributed by atoms with Crippen molar-refractivity contribution in [3.05, 3.63) is 28.2 Å². The fourth-order valence-corrected chi connectivity index (χ4v) is 1.79. The molecule has 17 heavy (non-hydrogen) atoms. The molecule has 1 heterocycles. The van der Waals surface area contributed by atoms with E-state index in [1.54, 1.807) is 0 Å². The van der Waals surface area contributed by atoms with Crippen molar-refractivity contribution >= 4 is 5.69 Å². The first-order valence-electron chi connectivity index (χ1n) is 5.22. The van der Waals surface area contributed by atoms with Crippen LogP contribution < -0.4 is 4.74 Å². The maximum Gasteiger partial charge on any atom is 0.290 e. The van der Waals surface area contributed by atoms with Gasteiger partial charge in [0.2, 0.25) is 0 Å². The summed E-state index contributed by atoms with van der Waals surface area (Å²) < 4.78 is 18.6. The van der Waals surface area contributed by atoms with Crippen LogP contribution in [0.15, 0.2) is 12.3 Å². The van der Waals surface area contributed by atoms with Gasteiger partial charge in [0.25, 0.3) is 11.6 Å². The van der Waals surface area contributed by atoms with Gasteiger partial charge in [-0.2, -0.15) is 0 Å². The highest BCUT2D eigenvalue weighted by molar-refractivity contribution is 5.30. The van der Waals surface area contributed by atoms with Crippen LogP contribution in [0.3, 0.4) is 0 Å². The molecule has 7 heteroatoms. The number of nitrogens with zero attached hydrogens (tertiary/aromatic N) is 2. The zero-order valence-electron chi connectivity index (χ0n) is 8.88. The molecular formula is C10H11FN2O4. The van der Waals surface area contributed by atoms with Crippen molar-refractivity contribution < 1.29 is 19.2 Å². The van der Waals surface area contributed by atoms with Crippen LogP contribution in [-0.2, 0) is 0 Å². The van der Waals surface area contributed by atoms with Crippen LogP contribution >= 0.6 is 0 Å². The number of hydrogen-bond acceptors (Lipinski definition) is 5. The van der Waals surface area contributed by atoms with Crippen LogP contribution in [0.2, 0.25) is 0 Å². The molecule has 0 bridgehead atoms. The minimum Gasteiger partial charge on any atom is -0.470 e. The third-order valence-electron chi connectivity index (χ3n) is 2.68. The van der Waals surface area contributed by atoms with E-state index in [0.29, 0.717) is 12.8 Å². The summed E-state index contributed by atoms with van der Waals surface area (Å²) >= 11 is 0. The summed E-state index contributed by atoms with van der Waals surface area (Å²) in [7, 11) is 0. The van der Waals surface area contributed by atoms with Crippen LogP contribution in [0, 0.1) is 15.9 Å². The number of halogens is 1. The van der Waals surface area contributed by atoms with Gasteiger partial charge < -0.3 is 9.84 Å². The van der Waals surface area contributed by atoms with Crippen LogP contribution in [-0.4, -0.2) is 27.2 Å². The second-order valence-electron chi connectivity index (χ2n) is 3.89. The summed E-state index contributed by atoms with van der Waals surface area (Å²) in [6, 6.07) is 0.754. The highest BCUT2D eigenvalue weighted by Gasteiger charge is 2.28. The second-order valence-corrected chi connectivity index (χ2v) is 3.89. The van der Waals surface area contributed by atoms with E-state index >= 15 is 0 Å². The normalized spacial score (nSPS) is 23.6. The van der Waals surface area contributed by atoms with E-state index in [2.05, 4.69) is 4.98 Å². The van der Waals surface area contributed by atoms with Gasteiger partial charge in [-0.05, 0) is 19.3 Å². The summed E-state index contributed by atoms with van der Waals surface area (Å²) in [4.78, 5) is 13.2. The minimum atomic E-state index is -0.890. The molecule has 1 aliphatic rings. The standard InChI is InChI=1S/C10H11FN2O4/c11-7-4-6(13(15)16)5-12-10(7)17-9-3-1-2-8(9)14/h4-5,8-9,14H,1-3H2/t8-,9-/m0/s1. The van der Waals surface area contributed by atoms with Crippen LogP contribution in [0.4, 0.5) is 10.1 Å². The van der Waals surface area contributed by atoms with Gasteiger partial charge in [-0.1, -0.05) is 0 Å². The van der Waals surface area contributed by atoms with Crippen molar-refractivity contribution in [3.8, 4) is 5.88 Å². The van der Waals surface area contributed by atoms with Crippen LogP contribution in [0.25, 0.3) is 0 Å². The van der Waals surface area contributed by atoms with Crippen LogP contribution in [0.5, 0.6) is 5.88 Å². The van der Waals surface area contributed by atoms with Gasteiger partial charge in [0, 0.05) is 0 Å². The average Bonchev–Trinajstić information content (AvgIpc) is 2.67. The largest absolute Gasteiger partial charge is 0.470 e. The molecule has 2 rings (SSSR count). The molecule has 2 atom stereocenters. The number of aliphatic hydroxyl groups excluding tert-OH is 1. The number of ether oxygens (including phenoxy) is 1. The number of hydrogen-bond donors (Lipinski definition) is 1. The van der Waals surface area contributed by atoms with Gasteiger partial charge in [0.1, 0.15) is 12.3 Å². The van der Waals surface area contributed by atoms with Crippen molar-refractivity contribution in [2.75, 3.05) is 0 Å². The fourth-order valence-electron chi connectivity index (χ4n) is 1.79. The predicted octanol–water partition coefficient (Wildman–Crippen LogP) is 1.42. The monoisotopic (exact) mass is 242 g/mol. The molecule has 0 saturated heterocycles. The van der Waals surface area contributed by atoms with Crippen molar-refractivity contribution in [2.45, 2.75) is 31.5 Å². The summed E-state index contributed by atoms with van der Waals surface area (Å²) in [5.41, 5.74) is -0.429. The highest BCUT2D eigenvalue weighted by atomic mass is 19.1. The molecule has 1 fully saturated rings. The predicted molar refractivity (Wildman–Crippen MR) is 55.1 cm³/mol. The molecule has 6 nitrogen and oxygen atoms in total. The Kier molecular flexibility index (Phi) is 3.19. The summed E-state index contributed by atoms with van der Waals surface area (Å²) in [5.74, 6) is -1.19. The third kappa shape index (κ3) is 2.50. The number of nitro groups is 1. The molecule has 0 radical (unpaired) electrons.